The second kappa shape index (κ2) is 10.3. The first-order valence-corrected chi connectivity index (χ1v) is 8.91. The maximum Gasteiger partial charge on any atom is 0.256 e. The van der Waals surface area contributed by atoms with Crippen LogP contribution in [0, 0.1) is 6.08 Å². The molecule has 1 aromatic carbocycles. The summed E-state index contributed by atoms with van der Waals surface area (Å²) in [5.41, 5.74) is 0.675. The Hall–Kier alpha value is 0.124. The zero-order chi connectivity index (χ0) is 17.0. The van der Waals surface area contributed by atoms with Crippen molar-refractivity contribution in [2.75, 3.05) is 18.7 Å². The fourth-order valence-corrected chi connectivity index (χ4v) is 2.82. The van der Waals surface area contributed by atoms with E-state index in [4.69, 9.17) is 27.9 Å². The Balaban J connectivity index is 0.00000288. The van der Waals surface area contributed by atoms with Gasteiger partial charge in [-0.2, -0.15) is 0 Å². The molecule has 1 atom stereocenters. The van der Waals surface area contributed by atoms with E-state index in [0.717, 1.165) is 4.90 Å². The van der Waals surface area contributed by atoms with Crippen molar-refractivity contribution in [3.05, 3.63) is 34.9 Å². The molecule has 0 fully saturated rings. The Morgan fingerprint density at radius 3 is 2.79 bits per heavy atom. The average Bonchev–Trinajstić information content (AvgIpc) is 2.50. The summed E-state index contributed by atoms with van der Waals surface area (Å²) in [5, 5.41) is -0.591. The SMILES string of the molecule is CSCOc1ccc(C2=[C-]CC(Cl)C(=O)N2CC(F)F)c(Cl)c1.[Y]. The summed E-state index contributed by atoms with van der Waals surface area (Å²) < 4.78 is 31.0. The molecule has 1 heterocycles. The van der Waals surface area contributed by atoms with Gasteiger partial charge in [0.2, 0.25) is 5.91 Å². The molecular formula is C15H14Cl2F2NO2SY-. The molecule has 1 aliphatic rings. The van der Waals surface area contributed by atoms with Crippen LogP contribution in [0.3, 0.4) is 0 Å². The van der Waals surface area contributed by atoms with Gasteiger partial charge in [-0.05, 0) is 23.4 Å². The normalized spacial score (nSPS) is 17.6. The third-order valence-electron chi connectivity index (χ3n) is 3.11. The van der Waals surface area contributed by atoms with E-state index in [9.17, 15) is 13.6 Å². The van der Waals surface area contributed by atoms with Crippen LogP contribution in [-0.2, 0) is 37.5 Å². The molecule has 1 aromatic rings. The summed E-state index contributed by atoms with van der Waals surface area (Å²) in [6.45, 7) is -0.745. The molecule has 1 aliphatic heterocycles. The minimum Gasteiger partial charge on any atom is -0.483 e. The molecule has 0 aliphatic carbocycles. The van der Waals surface area contributed by atoms with Gasteiger partial charge in [-0.1, -0.05) is 6.42 Å². The van der Waals surface area contributed by atoms with Crippen molar-refractivity contribution < 1.29 is 51.0 Å². The summed E-state index contributed by atoms with van der Waals surface area (Å²) in [7, 11) is 0. The van der Waals surface area contributed by atoms with Crippen LogP contribution >= 0.6 is 35.0 Å². The maximum absolute atomic E-state index is 12.8. The first-order valence-electron chi connectivity index (χ1n) is 6.70. The van der Waals surface area contributed by atoms with Gasteiger partial charge < -0.3 is 9.64 Å². The van der Waals surface area contributed by atoms with Crippen LogP contribution in [0.5, 0.6) is 5.75 Å². The van der Waals surface area contributed by atoms with Crippen LogP contribution in [0.1, 0.15) is 12.0 Å². The number of benzene rings is 1. The Kier molecular flexibility index (Phi) is 9.53. The van der Waals surface area contributed by atoms with Gasteiger partial charge >= 0.3 is 0 Å². The zero-order valence-electron chi connectivity index (χ0n) is 12.8. The largest absolute Gasteiger partial charge is 0.483 e. The number of amides is 1. The fraction of sp³-hybridized carbons (Fsp3) is 0.400. The van der Waals surface area contributed by atoms with Gasteiger partial charge in [0.05, 0.1) is 6.54 Å². The number of alkyl halides is 3. The number of hydrogen-bond donors (Lipinski definition) is 0. The third-order valence-corrected chi connectivity index (χ3v) is 4.12. The van der Waals surface area contributed by atoms with Crippen molar-refractivity contribution >= 4 is 46.6 Å². The molecule has 1 unspecified atom stereocenters. The van der Waals surface area contributed by atoms with Crippen LogP contribution in [0.15, 0.2) is 18.2 Å². The number of ether oxygens (including phenoxy) is 1. The second-order valence-corrected chi connectivity index (χ2v) is 6.48. The molecule has 9 heteroatoms. The smallest absolute Gasteiger partial charge is 0.256 e. The summed E-state index contributed by atoms with van der Waals surface area (Å²) in [6.07, 6.45) is 2.27. The fourth-order valence-electron chi connectivity index (χ4n) is 2.11. The molecule has 2 rings (SSSR count). The first kappa shape index (κ1) is 22.2. The number of carbonyl (C=O) groups excluding carboxylic acids is 1. The molecule has 129 valence electrons. The van der Waals surface area contributed by atoms with Gasteiger partial charge in [0.25, 0.3) is 6.43 Å². The van der Waals surface area contributed by atoms with Gasteiger partial charge in [0, 0.05) is 32.7 Å². The number of thioether (sulfide) groups is 1. The molecule has 1 amide bonds. The second-order valence-electron chi connectivity index (χ2n) is 4.73. The summed E-state index contributed by atoms with van der Waals surface area (Å²) in [5.74, 6) is 0.458. The topological polar surface area (TPSA) is 29.5 Å². The summed E-state index contributed by atoms with van der Waals surface area (Å²) in [6, 6.07) is 4.88. The first-order chi connectivity index (χ1) is 10.9. The van der Waals surface area contributed by atoms with Crippen molar-refractivity contribution in [1.29, 1.82) is 0 Å². The molecule has 0 N–H and O–H groups in total. The van der Waals surface area contributed by atoms with Gasteiger partial charge in [-0.25, -0.2) is 14.9 Å². The van der Waals surface area contributed by atoms with Gasteiger partial charge in [0.1, 0.15) is 17.1 Å². The molecule has 0 saturated carbocycles. The minimum atomic E-state index is -2.68. The van der Waals surface area contributed by atoms with E-state index in [2.05, 4.69) is 6.08 Å². The number of carbonyl (C=O) groups is 1. The average molecular weight is 470 g/mol. The van der Waals surface area contributed by atoms with Gasteiger partial charge in [-0.15, -0.1) is 52.3 Å². The standard InChI is InChI=1S/C15H14Cl2F2NO2S.Y/c1-23-8-22-9-2-3-10(12(17)6-9)13-5-4-11(16)15(21)20(13)7-14(18)19;/h2-3,6,11,14H,4,7-8H2,1H3;/q-1;. The van der Waals surface area contributed by atoms with E-state index < -0.39 is 24.3 Å². The third kappa shape index (κ3) is 5.56. The van der Waals surface area contributed by atoms with E-state index >= 15 is 0 Å². The molecule has 0 bridgehead atoms. The van der Waals surface area contributed by atoms with E-state index in [0.29, 0.717) is 22.3 Å². The van der Waals surface area contributed by atoms with Crippen LogP contribution < -0.4 is 4.74 Å². The van der Waals surface area contributed by atoms with E-state index in [1.54, 1.807) is 18.2 Å². The van der Waals surface area contributed by atoms with E-state index in [1.807, 2.05) is 6.26 Å². The van der Waals surface area contributed by atoms with Gasteiger partial charge in [-0.3, -0.25) is 4.79 Å². The zero-order valence-corrected chi connectivity index (χ0v) is 17.9. The van der Waals surface area contributed by atoms with Crippen LogP contribution in [-0.4, -0.2) is 41.3 Å². The van der Waals surface area contributed by atoms with Crippen LogP contribution in [0.25, 0.3) is 5.70 Å². The molecule has 0 spiro atoms. The Morgan fingerprint density at radius 2 is 2.21 bits per heavy atom. The van der Waals surface area contributed by atoms with Crippen molar-refractivity contribution in [3.63, 3.8) is 0 Å². The predicted molar refractivity (Wildman–Crippen MR) is 89.1 cm³/mol. The number of allylic oxidation sites excluding steroid dienone is 1. The summed E-state index contributed by atoms with van der Waals surface area (Å²) >= 11 is 13.6. The number of halogens is 4. The number of nitrogens with zero attached hydrogens (tertiary/aromatic N) is 1. The maximum atomic E-state index is 12.8. The predicted octanol–water partition coefficient (Wildman–Crippen LogP) is 4.29. The molecule has 1 radical (unpaired) electrons. The van der Waals surface area contributed by atoms with Gasteiger partial charge in [0.15, 0.2) is 0 Å². The van der Waals surface area contributed by atoms with Crippen molar-refractivity contribution in [1.82, 2.24) is 4.90 Å². The monoisotopic (exact) mass is 469 g/mol. The van der Waals surface area contributed by atoms with Crippen molar-refractivity contribution in [3.8, 4) is 5.75 Å². The molecule has 0 saturated heterocycles. The molecule has 0 aromatic heterocycles. The van der Waals surface area contributed by atoms with Crippen LogP contribution in [0.2, 0.25) is 5.02 Å². The molecular weight excluding hydrogens is 456 g/mol. The van der Waals surface area contributed by atoms with E-state index in [-0.39, 0.29) is 44.8 Å². The Bertz CT molecular complexity index is 619. The molecule has 24 heavy (non-hydrogen) atoms. The van der Waals surface area contributed by atoms with Crippen molar-refractivity contribution in [2.24, 2.45) is 0 Å². The minimum absolute atomic E-state index is 0. The van der Waals surface area contributed by atoms with Crippen molar-refractivity contribution in [2.45, 2.75) is 18.2 Å². The van der Waals surface area contributed by atoms with Crippen LogP contribution in [0.4, 0.5) is 8.78 Å². The number of hydrogen-bond acceptors (Lipinski definition) is 3. The Morgan fingerprint density at radius 1 is 1.50 bits per heavy atom. The molecule has 3 nitrogen and oxygen atoms in total. The summed E-state index contributed by atoms with van der Waals surface area (Å²) in [4.78, 5) is 13.0. The number of rotatable bonds is 6. The quantitative estimate of drug-likeness (QED) is 0.353. The Labute approximate surface area is 178 Å². The van der Waals surface area contributed by atoms with E-state index in [1.165, 1.54) is 11.8 Å².